The maximum Gasteiger partial charge on any atom is 0.256 e. The lowest BCUT2D eigenvalue weighted by molar-refractivity contribution is -0.133. The van der Waals surface area contributed by atoms with Gasteiger partial charge in [0.05, 0.1) is 24.7 Å². The number of methoxy groups -OCH3 is 1. The molecule has 274 valence electrons. The molecule has 0 spiro atoms. The summed E-state index contributed by atoms with van der Waals surface area (Å²) in [6.07, 6.45) is 3.61. The van der Waals surface area contributed by atoms with Gasteiger partial charge in [0, 0.05) is 55.9 Å². The monoisotopic (exact) mass is 707 g/mol. The van der Waals surface area contributed by atoms with Crippen LogP contribution in [0.4, 0.5) is 0 Å². The maximum absolute atomic E-state index is 14.3. The lowest BCUT2D eigenvalue weighted by Gasteiger charge is -2.39. The van der Waals surface area contributed by atoms with Crippen LogP contribution in [-0.2, 0) is 16.0 Å². The Kier molecular flexibility index (Phi) is 11.2. The molecular formula is C41H49N5O6. The molecule has 0 saturated carbocycles. The number of fused-ring (bicyclic) bond motifs is 2. The Bertz CT molecular complexity index is 1920. The van der Waals surface area contributed by atoms with Crippen molar-refractivity contribution in [3.63, 3.8) is 0 Å². The van der Waals surface area contributed by atoms with Gasteiger partial charge in [0.25, 0.3) is 11.8 Å². The molecule has 2 aliphatic heterocycles. The number of hydrogen-bond acceptors (Lipinski definition) is 6. The number of nitrogens with zero attached hydrogens (tertiary/aromatic N) is 2. The number of ether oxygens (including phenoxy) is 2. The second-order valence-corrected chi connectivity index (χ2v) is 14.2. The van der Waals surface area contributed by atoms with Gasteiger partial charge in [-0.05, 0) is 81.2 Å². The Morgan fingerprint density at radius 3 is 2.37 bits per heavy atom. The molecular weight excluding hydrogens is 658 g/mol. The van der Waals surface area contributed by atoms with E-state index < -0.39 is 12.0 Å². The number of nitrogens with one attached hydrogen (secondary N) is 3. The Labute approximate surface area is 305 Å². The number of H-pyrrole nitrogens is 1. The summed E-state index contributed by atoms with van der Waals surface area (Å²) >= 11 is 0. The van der Waals surface area contributed by atoms with E-state index in [1.165, 1.54) is 0 Å². The molecule has 0 bridgehead atoms. The number of para-hydroxylation sites is 1. The number of aryl methyl sites for hydroxylation is 2. The fourth-order valence-corrected chi connectivity index (χ4v) is 7.75. The number of carbonyl (C=O) groups excluding carboxylic acids is 4. The summed E-state index contributed by atoms with van der Waals surface area (Å²) in [4.78, 5) is 62.3. The normalized spacial score (nSPS) is 18.9. The first kappa shape index (κ1) is 36.5. The SMILES string of the molecule is CNC(=O)[C@H](CCCc1ccccc1)NC(=O)C1CN(C(=O)c2c[nH]c3c(C)cccc23)CC2CN(C(=O)c3ccc(OC(C)C)c(OC)c3)CC21. The first-order valence-corrected chi connectivity index (χ1v) is 18.1. The van der Waals surface area contributed by atoms with Gasteiger partial charge in [-0.3, -0.25) is 19.2 Å². The third-order valence-corrected chi connectivity index (χ3v) is 10.4. The van der Waals surface area contributed by atoms with E-state index >= 15 is 0 Å². The van der Waals surface area contributed by atoms with Crippen molar-refractivity contribution < 1.29 is 28.7 Å². The van der Waals surface area contributed by atoms with Crippen LogP contribution in [0, 0.1) is 24.7 Å². The van der Waals surface area contributed by atoms with Gasteiger partial charge in [-0.15, -0.1) is 0 Å². The molecule has 6 rings (SSSR count). The highest BCUT2D eigenvalue weighted by Gasteiger charge is 2.48. The largest absolute Gasteiger partial charge is 0.493 e. The average molecular weight is 708 g/mol. The van der Waals surface area contributed by atoms with Gasteiger partial charge in [0.2, 0.25) is 11.8 Å². The van der Waals surface area contributed by atoms with Crippen LogP contribution in [0.5, 0.6) is 11.5 Å². The van der Waals surface area contributed by atoms with Crippen molar-refractivity contribution in [1.82, 2.24) is 25.4 Å². The molecule has 3 heterocycles. The van der Waals surface area contributed by atoms with Crippen LogP contribution in [0.1, 0.15) is 58.5 Å². The molecule has 1 aromatic heterocycles. The van der Waals surface area contributed by atoms with Crippen molar-refractivity contribution >= 4 is 34.5 Å². The van der Waals surface area contributed by atoms with E-state index in [2.05, 4.69) is 15.6 Å². The van der Waals surface area contributed by atoms with Crippen LogP contribution in [0.3, 0.4) is 0 Å². The van der Waals surface area contributed by atoms with Crippen LogP contribution in [0.2, 0.25) is 0 Å². The standard InChI is InChI=1S/C41H49N5O6/c1-25(2)52-35-18-17-28(19-36(35)51-5)40(49)45-21-29-22-46(41(50)31-20-43-37-26(3)11-9-15-30(31)37)24-33(32(29)23-45)38(47)44-34(39(48)42-4)16-10-14-27-12-7-6-8-13-27/h6-9,11-13,15,17-20,25,29,32-34,43H,10,14,16,21-24H2,1-5H3,(H,42,48)(H,44,47)/t29?,32?,33?,34-/m0/s1. The Hall–Kier alpha value is -5.32. The lowest BCUT2D eigenvalue weighted by atomic mass is 9.79. The van der Waals surface area contributed by atoms with Gasteiger partial charge in [-0.1, -0.05) is 48.5 Å². The fourth-order valence-electron chi connectivity index (χ4n) is 7.75. The third kappa shape index (κ3) is 7.78. The topological polar surface area (TPSA) is 133 Å². The van der Waals surface area contributed by atoms with Crippen molar-refractivity contribution in [2.45, 2.75) is 52.2 Å². The van der Waals surface area contributed by atoms with Gasteiger partial charge in [0.1, 0.15) is 6.04 Å². The molecule has 4 amide bonds. The molecule has 11 heteroatoms. The molecule has 4 aromatic rings. The van der Waals surface area contributed by atoms with Gasteiger partial charge >= 0.3 is 0 Å². The molecule has 3 aromatic carbocycles. The highest BCUT2D eigenvalue weighted by molar-refractivity contribution is 6.07. The lowest BCUT2D eigenvalue weighted by Crippen LogP contribution is -2.56. The second-order valence-electron chi connectivity index (χ2n) is 14.2. The number of likely N-dealkylation sites (N-methyl/N-ethyl adjacent to an activating group) is 1. The predicted molar refractivity (Wildman–Crippen MR) is 199 cm³/mol. The van der Waals surface area contributed by atoms with E-state index in [-0.39, 0.29) is 48.1 Å². The summed E-state index contributed by atoms with van der Waals surface area (Å²) in [5.41, 5.74) is 4.09. The summed E-state index contributed by atoms with van der Waals surface area (Å²) in [7, 11) is 3.11. The van der Waals surface area contributed by atoms with Crippen molar-refractivity contribution in [3.05, 3.63) is 95.2 Å². The molecule has 11 nitrogen and oxygen atoms in total. The number of aromatic nitrogens is 1. The van der Waals surface area contributed by atoms with E-state index in [1.807, 2.05) is 69.3 Å². The first-order chi connectivity index (χ1) is 25.1. The Balaban J connectivity index is 1.25. The summed E-state index contributed by atoms with van der Waals surface area (Å²) < 4.78 is 11.4. The number of piperidine rings is 1. The zero-order valence-electron chi connectivity index (χ0n) is 30.6. The van der Waals surface area contributed by atoms with Gasteiger partial charge < -0.3 is 34.9 Å². The van der Waals surface area contributed by atoms with E-state index in [4.69, 9.17) is 9.47 Å². The van der Waals surface area contributed by atoms with E-state index in [0.717, 1.165) is 28.5 Å². The molecule has 0 aliphatic carbocycles. The number of rotatable bonds is 12. The summed E-state index contributed by atoms with van der Waals surface area (Å²) in [5, 5.41) is 6.58. The fraction of sp³-hybridized carbons (Fsp3) is 0.415. The Morgan fingerprint density at radius 1 is 0.904 bits per heavy atom. The van der Waals surface area contributed by atoms with E-state index in [9.17, 15) is 19.2 Å². The minimum Gasteiger partial charge on any atom is -0.493 e. The van der Waals surface area contributed by atoms with Crippen molar-refractivity contribution in [3.8, 4) is 11.5 Å². The summed E-state index contributed by atoms with van der Waals surface area (Å²) in [6.45, 7) is 7.14. The van der Waals surface area contributed by atoms with Crippen LogP contribution < -0.4 is 20.1 Å². The number of amides is 4. The highest BCUT2D eigenvalue weighted by Crippen LogP contribution is 2.38. The average Bonchev–Trinajstić information content (AvgIpc) is 3.79. The highest BCUT2D eigenvalue weighted by atomic mass is 16.5. The maximum atomic E-state index is 14.3. The molecule has 3 unspecified atom stereocenters. The van der Waals surface area contributed by atoms with Gasteiger partial charge in [-0.25, -0.2) is 0 Å². The molecule has 3 N–H and O–H groups in total. The molecule has 2 fully saturated rings. The first-order valence-electron chi connectivity index (χ1n) is 18.1. The van der Waals surface area contributed by atoms with Crippen molar-refractivity contribution in [2.75, 3.05) is 40.3 Å². The summed E-state index contributed by atoms with van der Waals surface area (Å²) in [6, 6.07) is 20.3. The Morgan fingerprint density at radius 2 is 1.65 bits per heavy atom. The van der Waals surface area contributed by atoms with Gasteiger partial charge in [0.15, 0.2) is 11.5 Å². The zero-order chi connectivity index (χ0) is 36.9. The van der Waals surface area contributed by atoms with Crippen molar-refractivity contribution in [1.29, 1.82) is 0 Å². The molecule has 0 radical (unpaired) electrons. The van der Waals surface area contributed by atoms with E-state index in [0.29, 0.717) is 55.1 Å². The number of carbonyl (C=O) groups is 4. The molecule has 2 saturated heterocycles. The van der Waals surface area contributed by atoms with Crippen molar-refractivity contribution in [2.24, 2.45) is 17.8 Å². The van der Waals surface area contributed by atoms with E-state index in [1.54, 1.807) is 48.4 Å². The van der Waals surface area contributed by atoms with Crippen LogP contribution in [0.15, 0.2) is 72.9 Å². The predicted octanol–water partition coefficient (Wildman–Crippen LogP) is 4.99. The molecule has 52 heavy (non-hydrogen) atoms. The van der Waals surface area contributed by atoms with Crippen LogP contribution in [0.25, 0.3) is 10.9 Å². The van der Waals surface area contributed by atoms with Gasteiger partial charge in [-0.2, -0.15) is 0 Å². The zero-order valence-corrected chi connectivity index (χ0v) is 30.6. The minimum atomic E-state index is -0.736. The number of likely N-dealkylation sites (tertiary alicyclic amines) is 2. The quantitative estimate of drug-likeness (QED) is 0.190. The number of aromatic amines is 1. The number of benzene rings is 3. The summed E-state index contributed by atoms with van der Waals surface area (Å²) in [5.74, 6) is -0.885. The van der Waals surface area contributed by atoms with Crippen LogP contribution in [-0.4, -0.2) is 90.9 Å². The molecule has 4 atom stereocenters. The third-order valence-electron chi connectivity index (χ3n) is 10.4. The minimum absolute atomic E-state index is 0.0639. The number of hydrogen-bond donors (Lipinski definition) is 3. The molecule has 2 aliphatic rings. The smallest absolute Gasteiger partial charge is 0.256 e. The van der Waals surface area contributed by atoms with Crippen LogP contribution >= 0.6 is 0 Å². The second kappa shape index (κ2) is 15.9.